The predicted octanol–water partition coefficient (Wildman–Crippen LogP) is 5.01. The van der Waals surface area contributed by atoms with E-state index in [4.69, 9.17) is 17.0 Å². The fraction of sp³-hybridized carbons (Fsp3) is 0.261. The van der Waals surface area contributed by atoms with Gasteiger partial charge in [0.2, 0.25) is 5.91 Å². The number of hydrogen-bond acceptors (Lipinski definition) is 5. The number of carbonyl (C=O) groups excluding carboxylic acids is 2. The Morgan fingerprint density at radius 2 is 1.93 bits per heavy atom. The second-order valence-corrected chi connectivity index (χ2v) is 8.50. The number of nitrogens with zero attached hydrogens (tertiary/aromatic N) is 1. The molecule has 1 aliphatic rings. The summed E-state index contributed by atoms with van der Waals surface area (Å²) in [5, 5.41) is 2.87. The number of ether oxygens (including phenoxy) is 1. The summed E-state index contributed by atoms with van der Waals surface area (Å²) in [6, 6.07) is 15.3. The van der Waals surface area contributed by atoms with E-state index in [0.717, 1.165) is 5.56 Å². The van der Waals surface area contributed by atoms with Crippen molar-refractivity contribution < 1.29 is 14.3 Å². The number of anilines is 1. The highest BCUT2D eigenvalue weighted by atomic mass is 32.2. The van der Waals surface area contributed by atoms with Crippen molar-refractivity contribution in [3.8, 4) is 5.75 Å². The van der Waals surface area contributed by atoms with E-state index < -0.39 is 0 Å². The van der Waals surface area contributed by atoms with Crippen LogP contribution in [0.4, 0.5) is 5.69 Å². The molecule has 0 radical (unpaired) electrons. The van der Waals surface area contributed by atoms with Crippen molar-refractivity contribution in [2.75, 3.05) is 18.5 Å². The van der Waals surface area contributed by atoms with Gasteiger partial charge in [-0.25, -0.2) is 0 Å². The van der Waals surface area contributed by atoms with Gasteiger partial charge in [0, 0.05) is 13.0 Å². The second-order valence-electron chi connectivity index (χ2n) is 6.82. The van der Waals surface area contributed by atoms with E-state index in [9.17, 15) is 9.59 Å². The molecule has 1 heterocycles. The van der Waals surface area contributed by atoms with Crippen LogP contribution < -0.4 is 10.1 Å². The van der Waals surface area contributed by atoms with Crippen LogP contribution in [0.5, 0.6) is 5.75 Å². The Hall–Kier alpha value is -2.64. The number of carbonyl (C=O) groups is 2. The first-order valence-electron chi connectivity index (χ1n) is 9.81. The molecule has 1 aliphatic heterocycles. The van der Waals surface area contributed by atoms with Crippen molar-refractivity contribution in [2.24, 2.45) is 0 Å². The molecular weight excluding hydrogens is 416 g/mol. The Morgan fingerprint density at radius 1 is 1.20 bits per heavy atom. The molecule has 0 spiro atoms. The van der Waals surface area contributed by atoms with Crippen molar-refractivity contribution in [2.45, 2.75) is 26.7 Å². The third kappa shape index (κ3) is 5.70. The average molecular weight is 441 g/mol. The maximum absolute atomic E-state index is 12.7. The lowest BCUT2D eigenvalue weighted by molar-refractivity contribution is -0.122. The van der Waals surface area contributed by atoms with Crippen LogP contribution in [0.15, 0.2) is 53.4 Å². The van der Waals surface area contributed by atoms with Gasteiger partial charge in [-0.05, 0) is 44.0 Å². The van der Waals surface area contributed by atoms with Gasteiger partial charge in [-0.1, -0.05) is 65.9 Å². The molecule has 1 saturated heterocycles. The normalized spacial score (nSPS) is 15.0. The number of rotatable bonds is 8. The first-order valence-corrected chi connectivity index (χ1v) is 11.0. The van der Waals surface area contributed by atoms with E-state index in [0.29, 0.717) is 40.2 Å². The monoisotopic (exact) mass is 440 g/mol. The SMILES string of the molecule is CCOc1ccccc1NC(=O)CCCN1C(=O)/C(=C\c2ccc(C)cc2)SC1=S. The number of hydrogen-bond donors (Lipinski definition) is 1. The summed E-state index contributed by atoms with van der Waals surface area (Å²) >= 11 is 6.67. The molecule has 0 atom stereocenters. The number of nitrogens with one attached hydrogen (secondary N) is 1. The van der Waals surface area contributed by atoms with Crippen LogP contribution in [0, 0.1) is 6.92 Å². The van der Waals surface area contributed by atoms with Crippen molar-refractivity contribution in [1.29, 1.82) is 0 Å². The van der Waals surface area contributed by atoms with Crippen LogP contribution >= 0.6 is 24.0 Å². The number of benzene rings is 2. The van der Waals surface area contributed by atoms with Crippen LogP contribution in [-0.2, 0) is 9.59 Å². The van der Waals surface area contributed by atoms with Gasteiger partial charge in [-0.15, -0.1) is 0 Å². The summed E-state index contributed by atoms with van der Waals surface area (Å²) in [7, 11) is 0. The number of amides is 2. The largest absolute Gasteiger partial charge is 0.492 e. The van der Waals surface area contributed by atoms with Crippen molar-refractivity contribution in [3.63, 3.8) is 0 Å². The molecule has 0 bridgehead atoms. The zero-order valence-electron chi connectivity index (χ0n) is 17.0. The van der Waals surface area contributed by atoms with E-state index in [1.807, 2.05) is 62.4 Å². The summed E-state index contributed by atoms with van der Waals surface area (Å²) in [6.45, 7) is 4.86. The predicted molar refractivity (Wildman–Crippen MR) is 127 cm³/mol. The van der Waals surface area contributed by atoms with Crippen LogP contribution in [0.25, 0.3) is 6.08 Å². The molecule has 0 aliphatic carbocycles. The highest BCUT2D eigenvalue weighted by Crippen LogP contribution is 2.32. The second kappa shape index (κ2) is 10.4. The molecule has 0 aromatic heterocycles. The molecule has 0 saturated carbocycles. The molecule has 1 N–H and O–H groups in total. The lowest BCUT2D eigenvalue weighted by atomic mass is 10.1. The van der Waals surface area contributed by atoms with E-state index in [1.165, 1.54) is 17.3 Å². The van der Waals surface area contributed by atoms with E-state index >= 15 is 0 Å². The summed E-state index contributed by atoms with van der Waals surface area (Å²) < 4.78 is 6.05. The minimum atomic E-state index is -0.122. The molecule has 3 rings (SSSR count). The fourth-order valence-corrected chi connectivity index (χ4v) is 4.28. The molecule has 0 unspecified atom stereocenters. The zero-order valence-corrected chi connectivity index (χ0v) is 18.6. The van der Waals surface area contributed by atoms with Gasteiger partial charge in [0.25, 0.3) is 5.91 Å². The summed E-state index contributed by atoms with van der Waals surface area (Å²) in [5.74, 6) is 0.419. The van der Waals surface area contributed by atoms with Gasteiger partial charge in [-0.2, -0.15) is 0 Å². The molecule has 5 nitrogen and oxygen atoms in total. The van der Waals surface area contributed by atoms with Crippen molar-refractivity contribution in [3.05, 3.63) is 64.6 Å². The topological polar surface area (TPSA) is 58.6 Å². The summed E-state index contributed by atoms with van der Waals surface area (Å²) in [6.07, 6.45) is 2.66. The van der Waals surface area contributed by atoms with Gasteiger partial charge in [-0.3, -0.25) is 14.5 Å². The number of aryl methyl sites for hydroxylation is 1. The third-order valence-corrected chi connectivity index (χ3v) is 5.87. The first kappa shape index (κ1) is 22.1. The van der Waals surface area contributed by atoms with Gasteiger partial charge in [0.05, 0.1) is 17.2 Å². The van der Waals surface area contributed by atoms with Gasteiger partial charge < -0.3 is 10.1 Å². The lowest BCUT2D eigenvalue weighted by Gasteiger charge is -2.14. The highest BCUT2D eigenvalue weighted by Gasteiger charge is 2.31. The summed E-state index contributed by atoms with van der Waals surface area (Å²) in [5.41, 5.74) is 2.78. The van der Waals surface area contributed by atoms with Crippen LogP contribution in [0.2, 0.25) is 0 Å². The molecule has 156 valence electrons. The smallest absolute Gasteiger partial charge is 0.266 e. The fourth-order valence-electron chi connectivity index (χ4n) is 2.97. The maximum atomic E-state index is 12.7. The van der Waals surface area contributed by atoms with E-state index in [1.54, 1.807) is 11.0 Å². The molecule has 2 amide bonds. The average Bonchev–Trinajstić information content (AvgIpc) is 2.99. The Labute approximate surface area is 186 Å². The molecule has 2 aromatic carbocycles. The highest BCUT2D eigenvalue weighted by molar-refractivity contribution is 8.26. The van der Waals surface area contributed by atoms with Crippen molar-refractivity contribution in [1.82, 2.24) is 4.90 Å². The molecular formula is C23H24N2O3S2. The Kier molecular flexibility index (Phi) is 7.65. The Balaban J connectivity index is 1.53. The van der Waals surface area contributed by atoms with E-state index in [2.05, 4.69) is 5.32 Å². The molecule has 2 aromatic rings. The van der Waals surface area contributed by atoms with E-state index in [-0.39, 0.29) is 18.2 Å². The third-order valence-electron chi connectivity index (χ3n) is 4.50. The van der Waals surface area contributed by atoms with Gasteiger partial charge in [0.1, 0.15) is 10.1 Å². The van der Waals surface area contributed by atoms with Crippen molar-refractivity contribution >= 4 is 51.9 Å². The van der Waals surface area contributed by atoms with Crippen LogP contribution in [0.1, 0.15) is 30.9 Å². The minimum Gasteiger partial charge on any atom is -0.492 e. The lowest BCUT2D eigenvalue weighted by Crippen LogP contribution is -2.29. The first-order chi connectivity index (χ1) is 14.5. The Bertz CT molecular complexity index is 971. The number of thioether (sulfide) groups is 1. The molecule has 1 fully saturated rings. The number of para-hydroxylation sites is 2. The summed E-state index contributed by atoms with van der Waals surface area (Å²) in [4.78, 5) is 27.2. The molecule has 30 heavy (non-hydrogen) atoms. The van der Waals surface area contributed by atoms with Crippen LogP contribution in [-0.4, -0.2) is 34.2 Å². The van der Waals surface area contributed by atoms with Crippen LogP contribution in [0.3, 0.4) is 0 Å². The van der Waals surface area contributed by atoms with Gasteiger partial charge >= 0.3 is 0 Å². The zero-order chi connectivity index (χ0) is 21.5. The maximum Gasteiger partial charge on any atom is 0.266 e. The standard InChI is InChI=1S/C23H24N2O3S2/c1-3-28-19-8-5-4-7-18(19)24-21(26)9-6-14-25-22(27)20(30-23(25)29)15-17-12-10-16(2)11-13-17/h4-5,7-8,10-13,15H,3,6,9,14H2,1-2H3,(H,24,26)/b20-15+. The molecule has 7 heteroatoms. The Morgan fingerprint density at radius 3 is 2.67 bits per heavy atom. The minimum absolute atomic E-state index is 0.104. The number of thiocarbonyl (C=S) groups is 1. The van der Waals surface area contributed by atoms with Gasteiger partial charge in [0.15, 0.2) is 0 Å². The quantitative estimate of drug-likeness (QED) is 0.462.